The van der Waals surface area contributed by atoms with Crippen LogP contribution in [0.25, 0.3) is 21.9 Å². The molecule has 0 aliphatic heterocycles. The molecule has 0 aliphatic rings. The molecular formula is C27H24O11. The molecule has 38 heavy (non-hydrogen) atoms. The predicted molar refractivity (Wildman–Crippen MR) is 134 cm³/mol. The summed E-state index contributed by atoms with van der Waals surface area (Å²) in [4.78, 5) is 49.0. The number of aliphatic hydroxyl groups is 1. The Morgan fingerprint density at radius 3 is 2.08 bits per heavy atom. The molecule has 4 rings (SSSR count). The molecule has 1 unspecified atom stereocenters. The quantitative estimate of drug-likeness (QED) is 0.305. The first kappa shape index (κ1) is 26.4. The zero-order valence-corrected chi connectivity index (χ0v) is 20.6. The van der Waals surface area contributed by atoms with Gasteiger partial charge in [-0.2, -0.15) is 0 Å². The Morgan fingerprint density at radius 2 is 1.39 bits per heavy atom. The number of para-hydroxylation sites is 1. The monoisotopic (exact) mass is 524 g/mol. The van der Waals surface area contributed by atoms with Crippen LogP contribution in [0.2, 0.25) is 0 Å². The molecule has 2 aromatic carbocycles. The van der Waals surface area contributed by atoms with Crippen LogP contribution in [0.5, 0.6) is 11.5 Å². The number of carbonyl (C=O) groups excluding carboxylic acids is 2. The van der Waals surface area contributed by atoms with E-state index < -0.39 is 28.9 Å². The van der Waals surface area contributed by atoms with Crippen molar-refractivity contribution < 1.29 is 42.5 Å². The number of hydrogen-bond acceptors (Lipinski definition) is 11. The molecule has 1 atom stereocenters. The van der Waals surface area contributed by atoms with Crippen molar-refractivity contribution in [3.63, 3.8) is 0 Å². The molecule has 0 spiro atoms. The average Bonchev–Trinajstić information content (AvgIpc) is 2.90. The Labute approximate surface area is 215 Å². The van der Waals surface area contributed by atoms with Crippen LogP contribution in [0.15, 0.2) is 67.0 Å². The first-order chi connectivity index (χ1) is 18.3. The third-order valence-corrected chi connectivity index (χ3v) is 5.25. The van der Waals surface area contributed by atoms with E-state index in [1.807, 2.05) is 0 Å². The van der Waals surface area contributed by atoms with Gasteiger partial charge in [0.1, 0.15) is 36.0 Å². The Bertz CT molecular complexity index is 1600. The fourth-order valence-electron chi connectivity index (χ4n) is 3.59. The van der Waals surface area contributed by atoms with Crippen molar-refractivity contribution in [2.24, 2.45) is 0 Å². The third-order valence-electron chi connectivity index (χ3n) is 5.25. The van der Waals surface area contributed by atoms with Gasteiger partial charge in [0.05, 0.1) is 18.6 Å². The molecule has 0 saturated heterocycles. The Hall–Kier alpha value is -4.64. The highest BCUT2D eigenvalue weighted by Gasteiger charge is 2.19. The lowest BCUT2D eigenvalue weighted by Crippen LogP contribution is -2.25. The van der Waals surface area contributed by atoms with Gasteiger partial charge in [0.2, 0.25) is 11.5 Å². The van der Waals surface area contributed by atoms with E-state index in [1.54, 1.807) is 26.0 Å². The summed E-state index contributed by atoms with van der Waals surface area (Å²) in [7, 11) is 0. The van der Waals surface area contributed by atoms with Crippen molar-refractivity contribution >= 4 is 33.9 Å². The zero-order valence-electron chi connectivity index (χ0n) is 20.6. The summed E-state index contributed by atoms with van der Waals surface area (Å²) in [5.74, 6) is -1.79. The van der Waals surface area contributed by atoms with Crippen molar-refractivity contribution in [3.8, 4) is 11.5 Å². The molecule has 11 nitrogen and oxygen atoms in total. The Balaban J connectivity index is 1.48. The number of benzene rings is 2. The SMILES string of the molecule is CCOC(=O)c1cc(=O)c2c(OCC(O)COc3cccc4c(=O)cc(C(=O)OCC)oc34)cccc2o1. The minimum absolute atomic E-state index is 0.0280. The molecule has 1 N–H and O–H groups in total. The molecule has 2 heterocycles. The van der Waals surface area contributed by atoms with E-state index >= 15 is 0 Å². The van der Waals surface area contributed by atoms with Crippen molar-refractivity contribution in [2.45, 2.75) is 20.0 Å². The van der Waals surface area contributed by atoms with Crippen LogP contribution in [0.3, 0.4) is 0 Å². The molecule has 0 amide bonds. The van der Waals surface area contributed by atoms with Gasteiger partial charge >= 0.3 is 11.9 Å². The number of esters is 2. The lowest BCUT2D eigenvalue weighted by Gasteiger charge is -2.15. The highest BCUT2D eigenvalue weighted by Crippen LogP contribution is 2.26. The summed E-state index contributed by atoms with van der Waals surface area (Å²) in [6.07, 6.45) is -1.16. The summed E-state index contributed by atoms with van der Waals surface area (Å²) in [5, 5.41) is 10.7. The number of carbonyl (C=O) groups is 2. The second kappa shape index (κ2) is 11.6. The van der Waals surface area contributed by atoms with Crippen LogP contribution in [-0.4, -0.2) is 49.6 Å². The van der Waals surface area contributed by atoms with Gasteiger partial charge in [-0.25, -0.2) is 9.59 Å². The summed E-state index contributed by atoms with van der Waals surface area (Å²) in [5.41, 5.74) is -0.824. The minimum atomic E-state index is -1.16. The number of fused-ring (bicyclic) bond motifs is 2. The molecule has 0 fully saturated rings. The number of hydrogen-bond donors (Lipinski definition) is 1. The molecule has 198 valence electrons. The largest absolute Gasteiger partial charge is 0.490 e. The molecule has 0 radical (unpaired) electrons. The van der Waals surface area contributed by atoms with E-state index in [9.17, 15) is 24.3 Å². The molecule has 2 aromatic heterocycles. The van der Waals surface area contributed by atoms with Crippen LogP contribution in [0, 0.1) is 0 Å². The number of aliphatic hydroxyl groups excluding tert-OH is 1. The Kier molecular flexibility index (Phi) is 8.07. The smallest absolute Gasteiger partial charge is 0.374 e. The van der Waals surface area contributed by atoms with Crippen LogP contribution in [0.4, 0.5) is 0 Å². The van der Waals surface area contributed by atoms with Gasteiger partial charge in [0.15, 0.2) is 22.2 Å². The first-order valence-electron chi connectivity index (χ1n) is 11.7. The van der Waals surface area contributed by atoms with Crippen molar-refractivity contribution in [1.82, 2.24) is 0 Å². The highest BCUT2D eigenvalue weighted by atomic mass is 16.6. The maximum atomic E-state index is 12.6. The summed E-state index contributed by atoms with van der Waals surface area (Å²) in [6, 6.07) is 11.3. The highest BCUT2D eigenvalue weighted by molar-refractivity contribution is 5.91. The van der Waals surface area contributed by atoms with E-state index in [4.69, 9.17) is 27.8 Å². The van der Waals surface area contributed by atoms with E-state index in [-0.39, 0.29) is 71.4 Å². The van der Waals surface area contributed by atoms with Crippen LogP contribution in [-0.2, 0) is 9.47 Å². The molecule has 0 aliphatic carbocycles. The fourth-order valence-corrected chi connectivity index (χ4v) is 3.59. The van der Waals surface area contributed by atoms with Crippen molar-refractivity contribution in [3.05, 3.63) is 80.5 Å². The predicted octanol–water partition coefficient (Wildman–Crippen LogP) is 3.07. The number of rotatable bonds is 10. The van der Waals surface area contributed by atoms with E-state index in [0.717, 1.165) is 12.1 Å². The second-order valence-electron chi connectivity index (χ2n) is 7.93. The Morgan fingerprint density at radius 1 is 0.816 bits per heavy atom. The van der Waals surface area contributed by atoms with Crippen LogP contribution >= 0.6 is 0 Å². The summed E-state index contributed by atoms with van der Waals surface area (Å²) in [6.45, 7) is 2.96. The van der Waals surface area contributed by atoms with E-state index in [1.165, 1.54) is 24.3 Å². The maximum Gasteiger partial charge on any atom is 0.374 e. The first-order valence-corrected chi connectivity index (χ1v) is 11.7. The molecular weight excluding hydrogens is 500 g/mol. The van der Waals surface area contributed by atoms with Crippen molar-refractivity contribution in [1.29, 1.82) is 0 Å². The van der Waals surface area contributed by atoms with Gasteiger partial charge in [0.25, 0.3) is 0 Å². The molecule has 11 heteroatoms. The van der Waals surface area contributed by atoms with Gasteiger partial charge < -0.3 is 32.9 Å². The van der Waals surface area contributed by atoms with Gasteiger partial charge in [-0.3, -0.25) is 9.59 Å². The second-order valence-corrected chi connectivity index (χ2v) is 7.93. The topological polar surface area (TPSA) is 152 Å². The lowest BCUT2D eigenvalue weighted by atomic mass is 10.2. The molecule has 4 aromatic rings. The fraction of sp³-hybridized carbons (Fsp3) is 0.259. The van der Waals surface area contributed by atoms with Gasteiger partial charge in [-0.15, -0.1) is 0 Å². The minimum Gasteiger partial charge on any atom is -0.490 e. The standard InChI is InChI=1S/C27H24O11/c1-3-33-26(31)22-12-18(30)24-19(8-6-9-20(24)37-22)35-13-15(28)14-36-21-10-5-7-16-17(29)11-23(38-25(16)21)27(32)34-4-2/h5-12,15,28H,3-4,13-14H2,1-2H3. The van der Waals surface area contributed by atoms with Gasteiger partial charge in [0, 0.05) is 12.1 Å². The summed E-state index contributed by atoms with van der Waals surface area (Å²) < 4.78 is 32.1. The summed E-state index contributed by atoms with van der Waals surface area (Å²) >= 11 is 0. The van der Waals surface area contributed by atoms with Crippen molar-refractivity contribution in [2.75, 3.05) is 26.4 Å². The van der Waals surface area contributed by atoms with Gasteiger partial charge in [-0.1, -0.05) is 12.1 Å². The zero-order chi connectivity index (χ0) is 27.2. The molecule has 0 saturated carbocycles. The van der Waals surface area contributed by atoms with Gasteiger partial charge in [-0.05, 0) is 38.1 Å². The third kappa shape index (κ3) is 5.68. The average molecular weight is 524 g/mol. The normalized spacial score (nSPS) is 11.8. The maximum absolute atomic E-state index is 12.6. The number of ether oxygens (including phenoxy) is 4. The molecule has 0 bridgehead atoms. The lowest BCUT2D eigenvalue weighted by molar-refractivity contribution is 0.0480. The van der Waals surface area contributed by atoms with E-state index in [0.29, 0.717) is 0 Å². The van der Waals surface area contributed by atoms with Crippen LogP contribution in [0.1, 0.15) is 35.0 Å². The van der Waals surface area contributed by atoms with Crippen LogP contribution < -0.4 is 20.3 Å². The van der Waals surface area contributed by atoms with E-state index in [2.05, 4.69) is 0 Å².